The van der Waals surface area contributed by atoms with E-state index < -0.39 is 0 Å². The van der Waals surface area contributed by atoms with Crippen LogP contribution in [0.4, 0.5) is 4.39 Å². The molecule has 2 aromatic rings. The Bertz CT molecular complexity index is 597. The van der Waals surface area contributed by atoms with Crippen LogP contribution in [-0.2, 0) is 6.61 Å². The Labute approximate surface area is 127 Å². The van der Waals surface area contributed by atoms with E-state index >= 15 is 0 Å². The second-order valence-corrected chi connectivity index (χ2v) is 5.27. The first-order chi connectivity index (χ1) is 9.49. The molecule has 0 saturated carbocycles. The highest BCUT2D eigenvalue weighted by atomic mass is 35.5. The summed E-state index contributed by atoms with van der Waals surface area (Å²) in [4.78, 5) is 0. The van der Waals surface area contributed by atoms with E-state index in [0.717, 1.165) is 5.56 Å². The molecule has 0 amide bonds. The lowest BCUT2D eigenvalue weighted by atomic mass is 10.1. The highest BCUT2D eigenvalue weighted by Crippen LogP contribution is 2.29. The van der Waals surface area contributed by atoms with Crippen molar-refractivity contribution in [2.75, 3.05) is 0 Å². The van der Waals surface area contributed by atoms with Crippen LogP contribution in [0.5, 0.6) is 5.75 Å². The third-order valence-corrected chi connectivity index (χ3v) is 3.61. The molecule has 0 heterocycles. The molecule has 2 nitrogen and oxygen atoms in total. The fourth-order valence-electron chi connectivity index (χ4n) is 1.83. The van der Waals surface area contributed by atoms with Gasteiger partial charge in [0.25, 0.3) is 0 Å². The fourth-order valence-corrected chi connectivity index (χ4v) is 2.34. The zero-order valence-electron chi connectivity index (χ0n) is 10.9. The standard InChI is InChI=1S/C15H14Cl2FNO/c1-9(19)11-6-5-10(18)7-15(11)20-8-12-13(16)3-2-4-14(12)17/h2-7,9H,8,19H2,1H3/t9-/m1/s1. The molecule has 0 fully saturated rings. The van der Waals surface area contributed by atoms with Crippen molar-refractivity contribution in [2.24, 2.45) is 5.73 Å². The fraction of sp³-hybridized carbons (Fsp3) is 0.200. The number of ether oxygens (including phenoxy) is 1. The molecule has 0 spiro atoms. The molecule has 0 bridgehead atoms. The van der Waals surface area contributed by atoms with Gasteiger partial charge in [-0.1, -0.05) is 35.3 Å². The second-order valence-electron chi connectivity index (χ2n) is 4.46. The average molecular weight is 314 g/mol. The number of hydrogen-bond donors (Lipinski definition) is 1. The maximum absolute atomic E-state index is 13.3. The molecule has 106 valence electrons. The lowest BCUT2D eigenvalue weighted by molar-refractivity contribution is 0.300. The van der Waals surface area contributed by atoms with Crippen LogP contribution in [0.15, 0.2) is 36.4 Å². The molecular weight excluding hydrogens is 300 g/mol. The lowest BCUT2D eigenvalue weighted by Crippen LogP contribution is -2.08. The summed E-state index contributed by atoms with van der Waals surface area (Å²) in [7, 11) is 0. The molecular formula is C15H14Cl2FNO. The van der Waals surface area contributed by atoms with Crippen LogP contribution in [-0.4, -0.2) is 0 Å². The first kappa shape index (κ1) is 15.1. The van der Waals surface area contributed by atoms with E-state index in [4.69, 9.17) is 33.7 Å². The molecule has 5 heteroatoms. The van der Waals surface area contributed by atoms with Gasteiger partial charge in [0.05, 0.1) is 0 Å². The number of rotatable bonds is 4. The third kappa shape index (κ3) is 3.42. The van der Waals surface area contributed by atoms with Gasteiger partial charge in [0.1, 0.15) is 18.2 Å². The van der Waals surface area contributed by atoms with Crippen LogP contribution in [0.25, 0.3) is 0 Å². The normalized spacial score (nSPS) is 12.2. The first-order valence-electron chi connectivity index (χ1n) is 6.09. The van der Waals surface area contributed by atoms with Gasteiger partial charge >= 0.3 is 0 Å². The molecule has 0 unspecified atom stereocenters. The average Bonchev–Trinajstić information content (AvgIpc) is 2.37. The summed E-state index contributed by atoms with van der Waals surface area (Å²) in [6.07, 6.45) is 0. The minimum Gasteiger partial charge on any atom is -0.488 e. The van der Waals surface area contributed by atoms with Gasteiger partial charge in [-0.25, -0.2) is 4.39 Å². The Morgan fingerprint density at radius 1 is 1.20 bits per heavy atom. The van der Waals surface area contributed by atoms with Crippen LogP contribution in [0.2, 0.25) is 10.0 Å². The second kappa shape index (κ2) is 6.44. The summed E-state index contributed by atoms with van der Waals surface area (Å²) < 4.78 is 19.0. The molecule has 0 aliphatic heterocycles. The molecule has 2 aromatic carbocycles. The molecule has 0 aromatic heterocycles. The van der Waals surface area contributed by atoms with Gasteiger partial charge in [0, 0.05) is 33.3 Å². The van der Waals surface area contributed by atoms with Gasteiger partial charge in [0.15, 0.2) is 0 Å². The number of halogens is 3. The van der Waals surface area contributed by atoms with Crippen molar-refractivity contribution in [1.82, 2.24) is 0 Å². The monoisotopic (exact) mass is 313 g/mol. The summed E-state index contributed by atoms with van der Waals surface area (Å²) in [6.45, 7) is 1.96. The van der Waals surface area contributed by atoms with E-state index in [1.54, 1.807) is 24.3 Å². The van der Waals surface area contributed by atoms with E-state index in [1.807, 2.05) is 6.92 Å². The van der Waals surface area contributed by atoms with Gasteiger partial charge in [-0.2, -0.15) is 0 Å². The Balaban J connectivity index is 2.25. The van der Waals surface area contributed by atoms with Gasteiger partial charge in [-0.3, -0.25) is 0 Å². The van der Waals surface area contributed by atoms with Crippen molar-refractivity contribution in [3.05, 3.63) is 63.4 Å². The van der Waals surface area contributed by atoms with E-state index in [1.165, 1.54) is 12.1 Å². The lowest BCUT2D eigenvalue weighted by Gasteiger charge is -2.15. The quantitative estimate of drug-likeness (QED) is 0.885. The summed E-state index contributed by atoms with van der Waals surface area (Å²) in [5.74, 6) is 0.0191. The number of nitrogens with two attached hydrogens (primary N) is 1. The maximum Gasteiger partial charge on any atom is 0.127 e. The molecule has 20 heavy (non-hydrogen) atoms. The summed E-state index contributed by atoms with van der Waals surface area (Å²) in [5, 5.41) is 1.02. The van der Waals surface area contributed by atoms with Crippen LogP contribution >= 0.6 is 23.2 Å². The minimum absolute atomic E-state index is 0.154. The van der Waals surface area contributed by atoms with Crippen LogP contribution in [0.1, 0.15) is 24.1 Å². The third-order valence-electron chi connectivity index (χ3n) is 2.90. The van der Waals surface area contributed by atoms with Gasteiger partial charge in [0.2, 0.25) is 0 Å². The van der Waals surface area contributed by atoms with E-state index in [9.17, 15) is 4.39 Å². The molecule has 1 atom stereocenters. The minimum atomic E-state index is -0.380. The van der Waals surface area contributed by atoms with Crippen molar-refractivity contribution in [3.63, 3.8) is 0 Å². The highest BCUT2D eigenvalue weighted by molar-refractivity contribution is 6.35. The smallest absolute Gasteiger partial charge is 0.127 e. The summed E-state index contributed by atoms with van der Waals surface area (Å²) in [5.41, 5.74) is 7.23. The Kier molecular flexibility index (Phi) is 4.86. The van der Waals surface area contributed by atoms with E-state index in [-0.39, 0.29) is 18.5 Å². The summed E-state index contributed by atoms with van der Waals surface area (Å²) >= 11 is 12.1. The van der Waals surface area contributed by atoms with Crippen molar-refractivity contribution in [2.45, 2.75) is 19.6 Å². The van der Waals surface area contributed by atoms with Gasteiger partial charge < -0.3 is 10.5 Å². The molecule has 0 aliphatic rings. The van der Waals surface area contributed by atoms with E-state index in [0.29, 0.717) is 21.4 Å². The van der Waals surface area contributed by atoms with Crippen LogP contribution < -0.4 is 10.5 Å². The van der Waals surface area contributed by atoms with Crippen molar-refractivity contribution in [1.29, 1.82) is 0 Å². The van der Waals surface area contributed by atoms with E-state index in [2.05, 4.69) is 0 Å². The zero-order chi connectivity index (χ0) is 14.7. The van der Waals surface area contributed by atoms with Gasteiger partial charge in [-0.05, 0) is 25.1 Å². The topological polar surface area (TPSA) is 35.2 Å². The molecule has 2 N–H and O–H groups in total. The Morgan fingerprint density at radius 3 is 2.45 bits per heavy atom. The zero-order valence-corrected chi connectivity index (χ0v) is 12.4. The van der Waals surface area contributed by atoms with Crippen LogP contribution in [0.3, 0.4) is 0 Å². The van der Waals surface area contributed by atoms with Gasteiger partial charge in [-0.15, -0.1) is 0 Å². The predicted octanol–water partition coefficient (Wildman–Crippen LogP) is 4.73. The maximum atomic E-state index is 13.3. The SMILES string of the molecule is C[C@@H](N)c1ccc(F)cc1OCc1c(Cl)cccc1Cl. The van der Waals surface area contributed by atoms with Crippen molar-refractivity contribution >= 4 is 23.2 Å². The van der Waals surface area contributed by atoms with Crippen molar-refractivity contribution < 1.29 is 9.13 Å². The van der Waals surface area contributed by atoms with Crippen molar-refractivity contribution in [3.8, 4) is 5.75 Å². The Morgan fingerprint density at radius 2 is 1.85 bits per heavy atom. The highest BCUT2D eigenvalue weighted by Gasteiger charge is 2.12. The molecule has 2 rings (SSSR count). The predicted molar refractivity (Wildman–Crippen MR) is 79.8 cm³/mol. The first-order valence-corrected chi connectivity index (χ1v) is 6.85. The summed E-state index contributed by atoms with van der Waals surface area (Å²) in [6, 6.07) is 9.23. The number of benzene rings is 2. The largest absolute Gasteiger partial charge is 0.488 e. The molecule has 0 radical (unpaired) electrons. The Hall–Kier alpha value is -1.29. The molecule has 0 aliphatic carbocycles. The number of hydrogen-bond acceptors (Lipinski definition) is 2. The van der Waals surface area contributed by atoms with Crippen LogP contribution in [0, 0.1) is 5.82 Å². The molecule has 0 saturated heterocycles.